The Hall–Kier alpha value is -3.16. The predicted octanol–water partition coefficient (Wildman–Crippen LogP) is 2.14. The first kappa shape index (κ1) is 18.2. The molecule has 2 saturated carbocycles. The molecule has 2 aliphatic rings. The van der Waals surface area contributed by atoms with Crippen LogP contribution in [0.1, 0.15) is 32.1 Å². The number of carbonyl (C=O) groups excluding carboxylic acids is 1. The summed E-state index contributed by atoms with van der Waals surface area (Å²) in [6, 6.07) is 2.77. The number of nitrogens with zero attached hydrogens (tertiary/aromatic N) is 5. The molecular weight excluding hydrogens is 356 g/mol. The zero-order valence-electron chi connectivity index (χ0n) is 15.9. The van der Waals surface area contributed by atoms with Crippen molar-refractivity contribution >= 4 is 11.4 Å². The van der Waals surface area contributed by atoms with E-state index in [9.17, 15) is 9.59 Å². The van der Waals surface area contributed by atoms with E-state index in [-0.39, 0.29) is 11.5 Å². The van der Waals surface area contributed by atoms with Crippen LogP contribution in [0, 0.1) is 0 Å². The van der Waals surface area contributed by atoms with Crippen LogP contribution in [0.3, 0.4) is 0 Å². The molecule has 1 N–H and O–H groups in total. The van der Waals surface area contributed by atoms with Gasteiger partial charge in [-0.25, -0.2) is 4.52 Å². The quantitative estimate of drug-likeness (QED) is 0.703. The van der Waals surface area contributed by atoms with Gasteiger partial charge in [-0.3, -0.25) is 14.3 Å². The van der Waals surface area contributed by atoms with Crippen molar-refractivity contribution < 1.29 is 4.79 Å². The number of aromatic amines is 1. The molecule has 0 saturated heterocycles. The lowest BCUT2D eigenvalue weighted by Crippen LogP contribution is -2.44. The molecule has 146 valence electrons. The Labute approximate surface area is 162 Å². The van der Waals surface area contributed by atoms with Crippen LogP contribution in [0.2, 0.25) is 0 Å². The molecule has 3 aromatic heterocycles. The Morgan fingerprint density at radius 2 is 2.00 bits per heavy atom. The van der Waals surface area contributed by atoms with E-state index in [0.717, 1.165) is 5.56 Å². The van der Waals surface area contributed by atoms with E-state index in [4.69, 9.17) is 0 Å². The Morgan fingerprint density at radius 1 is 1.25 bits per heavy atom. The fourth-order valence-corrected chi connectivity index (χ4v) is 3.43. The van der Waals surface area contributed by atoms with Crippen LogP contribution in [0.5, 0.6) is 0 Å². The van der Waals surface area contributed by atoms with E-state index in [1.54, 1.807) is 33.9 Å². The van der Waals surface area contributed by atoms with Gasteiger partial charge in [0.05, 0.1) is 24.3 Å². The first-order valence-electron chi connectivity index (χ1n) is 9.57. The monoisotopic (exact) mass is 380 g/mol. The summed E-state index contributed by atoms with van der Waals surface area (Å²) in [5.74, 6) is 0.141. The minimum Gasteiger partial charge on any atom is -0.333 e. The van der Waals surface area contributed by atoms with Crippen LogP contribution in [0.4, 0.5) is 0 Å². The molecule has 3 heterocycles. The SMILES string of the molecule is C=CC(=O)N(C1CCC1)C1CC1.Cn1cc(-c2cn3nccc3c(=O)[nH]2)cn1. The van der Waals surface area contributed by atoms with Crippen molar-refractivity contribution in [2.45, 2.75) is 44.2 Å². The standard InChI is InChI=1S/C10H9N5O.C10H15NO/c1-14-5-7(4-12-14)8-6-15-9(2-3-11-15)10(16)13-8;1-2-10(12)11(9-6-7-9)8-4-3-5-8/h2-6H,1H3,(H,13,16);2,8-9H,1,3-7H2. The number of hydrogen-bond donors (Lipinski definition) is 1. The molecule has 0 atom stereocenters. The van der Waals surface area contributed by atoms with Crippen LogP contribution in [0.25, 0.3) is 16.8 Å². The maximum atomic E-state index is 11.7. The lowest BCUT2D eigenvalue weighted by Gasteiger charge is -2.37. The van der Waals surface area contributed by atoms with Gasteiger partial charge < -0.3 is 9.88 Å². The maximum Gasteiger partial charge on any atom is 0.274 e. The van der Waals surface area contributed by atoms with Crippen molar-refractivity contribution in [3.8, 4) is 11.3 Å². The minimum atomic E-state index is -0.154. The zero-order valence-corrected chi connectivity index (χ0v) is 15.9. The fourth-order valence-electron chi connectivity index (χ4n) is 3.43. The third-order valence-corrected chi connectivity index (χ3v) is 5.26. The highest BCUT2D eigenvalue weighted by atomic mass is 16.2. The summed E-state index contributed by atoms with van der Waals surface area (Å²) >= 11 is 0. The molecule has 5 rings (SSSR count). The molecule has 3 aromatic rings. The summed E-state index contributed by atoms with van der Waals surface area (Å²) in [7, 11) is 1.83. The molecule has 0 aliphatic heterocycles. The average molecular weight is 380 g/mol. The van der Waals surface area contributed by atoms with Gasteiger partial charge in [-0.1, -0.05) is 6.58 Å². The zero-order chi connectivity index (χ0) is 19.7. The van der Waals surface area contributed by atoms with E-state index >= 15 is 0 Å². The molecule has 8 nitrogen and oxygen atoms in total. The second-order valence-electron chi connectivity index (χ2n) is 7.33. The largest absolute Gasteiger partial charge is 0.333 e. The lowest BCUT2D eigenvalue weighted by atomic mass is 9.91. The predicted molar refractivity (Wildman–Crippen MR) is 106 cm³/mol. The number of aromatic nitrogens is 5. The van der Waals surface area contributed by atoms with Crippen LogP contribution in [-0.2, 0) is 11.8 Å². The van der Waals surface area contributed by atoms with Gasteiger partial charge in [0.2, 0.25) is 5.91 Å². The third kappa shape index (κ3) is 3.62. The number of hydrogen-bond acceptors (Lipinski definition) is 4. The highest BCUT2D eigenvalue weighted by Gasteiger charge is 2.38. The number of aryl methyl sites for hydroxylation is 1. The average Bonchev–Trinajstić information content (AvgIpc) is 3.19. The highest BCUT2D eigenvalue weighted by Crippen LogP contribution is 2.35. The number of fused-ring (bicyclic) bond motifs is 1. The molecule has 8 heteroatoms. The van der Waals surface area contributed by atoms with Crippen LogP contribution >= 0.6 is 0 Å². The topological polar surface area (TPSA) is 88.3 Å². The molecule has 0 unspecified atom stereocenters. The molecule has 2 fully saturated rings. The second-order valence-corrected chi connectivity index (χ2v) is 7.33. The number of rotatable bonds is 4. The van der Waals surface area contributed by atoms with Gasteiger partial charge in [0, 0.05) is 30.9 Å². The van der Waals surface area contributed by atoms with E-state index in [1.807, 2.05) is 13.2 Å². The molecule has 1 amide bonds. The van der Waals surface area contributed by atoms with E-state index in [1.165, 1.54) is 38.2 Å². The van der Waals surface area contributed by atoms with Gasteiger partial charge in [-0.05, 0) is 44.2 Å². The molecule has 0 spiro atoms. The van der Waals surface area contributed by atoms with Crippen molar-refractivity contribution in [2.75, 3.05) is 0 Å². The number of carbonyl (C=O) groups is 1. The number of nitrogens with one attached hydrogen (secondary N) is 1. The fraction of sp³-hybridized carbons (Fsp3) is 0.400. The normalized spacial score (nSPS) is 16.2. The van der Waals surface area contributed by atoms with Gasteiger partial charge >= 0.3 is 0 Å². The van der Waals surface area contributed by atoms with Gasteiger partial charge in [0.1, 0.15) is 5.52 Å². The Bertz CT molecular complexity index is 1050. The van der Waals surface area contributed by atoms with Crippen LogP contribution in [-0.4, -0.2) is 47.3 Å². The summed E-state index contributed by atoms with van der Waals surface area (Å²) in [5, 5.41) is 8.10. The van der Waals surface area contributed by atoms with Crippen molar-refractivity contribution in [1.29, 1.82) is 0 Å². The summed E-state index contributed by atoms with van der Waals surface area (Å²) in [6.45, 7) is 3.54. The van der Waals surface area contributed by atoms with Gasteiger partial charge in [-0.2, -0.15) is 10.2 Å². The maximum absolute atomic E-state index is 11.7. The van der Waals surface area contributed by atoms with E-state index < -0.39 is 0 Å². The summed E-state index contributed by atoms with van der Waals surface area (Å²) in [5.41, 5.74) is 1.94. The summed E-state index contributed by atoms with van der Waals surface area (Å²) in [4.78, 5) is 28.0. The van der Waals surface area contributed by atoms with Crippen LogP contribution in [0.15, 0.2) is 48.3 Å². The summed E-state index contributed by atoms with van der Waals surface area (Å²) < 4.78 is 3.24. The molecule has 0 radical (unpaired) electrons. The number of amides is 1. The Balaban J connectivity index is 0.000000143. The second kappa shape index (κ2) is 7.46. The Morgan fingerprint density at radius 3 is 2.57 bits per heavy atom. The van der Waals surface area contributed by atoms with Crippen molar-refractivity contribution in [3.63, 3.8) is 0 Å². The lowest BCUT2D eigenvalue weighted by molar-refractivity contribution is -0.130. The van der Waals surface area contributed by atoms with Crippen molar-refractivity contribution in [1.82, 2.24) is 29.3 Å². The summed E-state index contributed by atoms with van der Waals surface area (Å²) in [6.07, 6.45) is 14.5. The molecule has 0 aromatic carbocycles. The van der Waals surface area contributed by atoms with Gasteiger partial charge in [0.25, 0.3) is 5.56 Å². The molecule has 28 heavy (non-hydrogen) atoms. The Kier molecular flexibility index (Phi) is 4.85. The van der Waals surface area contributed by atoms with Gasteiger partial charge in [-0.15, -0.1) is 0 Å². The third-order valence-electron chi connectivity index (χ3n) is 5.26. The highest BCUT2D eigenvalue weighted by molar-refractivity contribution is 5.87. The van der Waals surface area contributed by atoms with E-state index in [0.29, 0.717) is 23.3 Å². The first-order chi connectivity index (χ1) is 13.6. The first-order valence-corrected chi connectivity index (χ1v) is 9.57. The number of H-pyrrole nitrogens is 1. The van der Waals surface area contributed by atoms with Crippen LogP contribution < -0.4 is 5.56 Å². The van der Waals surface area contributed by atoms with Crippen molar-refractivity contribution in [3.05, 3.63) is 53.9 Å². The minimum absolute atomic E-state index is 0.141. The molecule has 2 aliphatic carbocycles. The van der Waals surface area contributed by atoms with Gasteiger partial charge in [0.15, 0.2) is 0 Å². The van der Waals surface area contributed by atoms with Crippen molar-refractivity contribution in [2.24, 2.45) is 7.05 Å². The molecule has 0 bridgehead atoms. The molecular formula is C20H24N6O2. The van der Waals surface area contributed by atoms with E-state index in [2.05, 4.69) is 26.7 Å². The smallest absolute Gasteiger partial charge is 0.274 e.